The molecule has 4 heterocycles. The van der Waals surface area contributed by atoms with Crippen LogP contribution in [0.4, 0.5) is 18.9 Å². The minimum absolute atomic E-state index is 0.00957. The van der Waals surface area contributed by atoms with Crippen molar-refractivity contribution in [3.63, 3.8) is 0 Å². The van der Waals surface area contributed by atoms with Crippen LogP contribution in [-0.4, -0.2) is 65.9 Å². The molecule has 1 fully saturated rings. The molecule has 0 unspecified atom stereocenters. The monoisotopic (exact) mass is 572 g/mol. The van der Waals surface area contributed by atoms with Crippen molar-refractivity contribution in [3.8, 4) is 11.4 Å². The fourth-order valence-electron chi connectivity index (χ4n) is 5.04. The van der Waals surface area contributed by atoms with Crippen LogP contribution in [0.2, 0.25) is 0 Å². The average molecular weight is 573 g/mol. The third-order valence-electron chi connectivity index (χ3n) is 7.15. The van der Waals surface area contributed by atoms with Crippen LogP contribution in [0.5, 0.6) is 0 Å². The van der Waals surface area contributed by atoms with Gasteiger partial charge in [0.2, 0.25) is 5.91 Å². The molecule has 1 aliphatic rings. The topological polar surface area (TPSA) is 114 Å². The third kappa shape index (κ3) is 5.63. The van der Waals surface area contributed by atoms with Crippen LogP contribution in [0.15, 0.2) is 46.2 Å². The summed E-state index contributed by atoms with van der Waals surface area (Å²) in [4.78, 5) is 50.1. The summed E-state index contributed by atoms with van der Waals surface area (Å²) >= 11 is 0. The first-order valence-corrected chi connectivity index (χ1v) is 13.6. The largest absolute Gasteiger partial charge is 0.416 e. The number of aromatic amines is 1. The number of benzene rings is 1. The van der Waals surface area contributed by atoms with E-state index in [1.807, 2.05) is 18.7 Å². The van der Waals surface area contributed by atoms with Gasteiger partial charge in [0.15, 0.2) is 5.65 Å². The van der Waals surface area contributed by atoms with Gasteiger partial charge in [0.25, 0.3) is 5.56 Å². The lowest BCUT2D eigenvalue weighted by atomic mass is 10.1. The van der Waals surface area contributed by atoms with Gasteiger partial charge in [0.05, 0.1) is 17.3 Å². The third-order valence-corrected chi connectivity index (χ3v) is 7.15. The van der Waals surface area contributed by atoms with Gasteiger partial charge >= 0.3 is 11.9 Å². The molecule has 3 aromatic heterocycles. The first kappa shape index (κ1) is 28.2. The highest BCUT2D eigenvalue weighted by Gasteiger charge is 2.30. The molecule has 41 heavy (non-hydrogen) atoms. The lowest BCUT2D eigenvalue weighted by Gasteiger charge is -2.36. The molecule has 1 saturated heterocycles. The van der Waals surface area contributed by atoms with Crippen molar-refractivity contribution in [2.45, 2.75) is 52.5 Å². The van der Waals surface area contributed by atoms with Gasteiger partial charge in [-0.1, -0.05) is 13.8 Å². The number of amides is 1. The summed E-state index contributed by atoms with van der Waals surface area (Å²) in [5, 5.41) is 4.29. The van der Waals surface area contributed by atoms with Crippen molar-refractivity contribution in [2.24, 2.45) is 0 Å². The molecule has 1 aliphatic heterocycles. The molecule has 4 aromatic rings. The SMILES string of the molecule is CCCn1c(=O)c2[nH]c(-c3cnn(CC(=O)N4CCN(c5ccc(C(F)(F)F)cc5)CC4)c3)nc2n(CCC)c1=O. The maximum absolute atomic E-state index is 13.0. The summed E-state index contributed by atoms with van der Waals surface area (Å²) in [6.07, 6.45) is 0.147. The number of imidazole rings is 1. The fraction of sp³-hybridized carbons (Fsp3) is 0.444. The molecule has 1 amide bonds. The summed E-state index contributed by atoms with van der Waals surface area (Å²) in [6, 6.07) is 5.02. The molecule has 0 saturated carbocycles. The quantitative estimate of drug-likeness (QED) is 0.347. The number of carbonyl (C=O) groups excluding carboxylic acids is 1. The van der Waals surface area contributed by atoms with Crippen LogP contribution in [0.1, 0.15) is 32.3 Å². The lowest BCUT2D eigenvalue weighted by Crippen LogP contribution is -2.49. The Morgan fingerprint density at radius 2 is 1.63 bits per heavy atom. The van der Waals surface area contributed by atoms with Crippen LogP contribution in [0, 0.1) is 0 Å². The van der Waals surface area contributed by atoms with E-state index in [1.165, 1.54) is 25.9 Å². The smallest absolute Gasteiger partial charge is 0.368 e. The number of halogens is 3. The lowest BCUT2D eigenvalue weighted by molar-refractivity contribution is -0.137. The Labute approximate surface area is 232 Å². The molecule has 1 N–H and O–H groups in total. The van der Waals surface area contributed by atoms with Gasteiger partial charge in [-0.15, -0.1) is 0 Å². The highest BCUT2D eigenvalue weighted by atomic mass is 19.4. The van der Waals surface area contributed by atoms with E-state index < -0.39 is 17.3 Å². The molecular formula is C27H31F3N8O3. The highest BCUT2D eigenvalue weighted by Crippen LogP contribution is 2.30. The Morgan fingerprint density at radius 1 is 0.976 bits per heavy atom. The standard InChI is InChI=1S/C27H31F3N8O3/c1-3-9-37-24-22(25(40)38(10-4-2)26(37)41)32-23(33-24)18-15-31-36(16-18)17-21(39)35-13-11-34(12-14-35)20-7-5-19(6-8-20)27(28,29)30/h5-8,15-16H,3-4,9-14,17H2,1-2H3,(H,32,33). The number of piperazine rings is 1. The molecule has 1 aromatic carbocycles. The van der Waals surface area contributed by atoms with E-state index in [0.29, 0.717) is 74.8 Å². The molecule has 11 nitrogen and oxygen atoms in total. The van der Waals surface area contributed by atoms with Gasteiger partial charge in [-0.2, -0.15) is 18.3 Å². The number of rotatable bonds is 8. The second-order valence-corrected chi connectivity index (χ2v) is 10.0. The Kier molecular flexibility index (Phi) is 7.74. The van der Waals surface area contributed by atoms with Gasteiger partial charge < -0.3 is 14.8 Å². The predicted molar refractivity (Wildman–Crippen MR) is 147 cm³/mol. The van der Waals surface area contributed by atoms with Crippen LogP contribution in [-0.2, 0) is 30.6 Å². The number of aryl methyl sites for hydroxylation is 1. The summed E-state index contributed by atoms with van der Waals surface area (Å²) < 4.78 is 42.8. The molecular weight excluding hydrogens is 541 g/mol. The second kappa shape index (κ2) is 11.3. The van der Waals surface area contributed by atoms with E-state index >= 15 is 0 Å². The number of nitrogens with one attached hydrogen (secondary N) is 1. The van der Waals surface area contributed by atoms with Crippen LogP contribution < -0.4 is 16.1 Å². The minimum atomic E-state index is -4.38. The van der Waals surface area contributed by atoms with Gasteiger partial charge in [0, 0.05) is 51.2 Å². The second-order valence-electron chi connectivity index (χ2n) is 10.0. The zero-order valence-corrected chi connectivity index (χ0v) is 22.8. The highest BCUT2D eigenvalue weighted by molar-refractivity contribution is 5.77. The number of H-pyrrole nitrogens is 1. The van der Waals surface area contributed by atoms with Gasteiger partial charge in [-0.3, -0.25) is 23.4 Å². The summed E-state index contributed by atoms with van der Waals surface area (Å²) in [5.41, 5.74) is 0.284. The molecule has 0 atom stereocenters. The Balaban J connectivity index is 1.27. The van der Waals surface area contributed by atoms with Crippen LogP contribution in [0.25, 0.3) is 22.6 Å². The molecule has 5 rings (SSSR count). The van der Waals surface area contributed by atoms with Crippen molar-refractivity contribution < 1.29 is 18.0 Å². The Bertz CT molecular complexity index is 1660. The average Bonchev–Trinajstić information content (AvgIpc) is 3.61. The van der Waals surface area contributed by atoms with E-state index in [1.54, 1.807) is 17.3 Å². The fourth-order valence-corrected chi connectivity index (χ4v) is 5.04. The first-order valence-electron chi connectivity index (χ1n) is 13.6. The zero-order valence-electron chi connectivity index (χ0n) is 22.8. The number of hydrogen-bond donors (Lipinski definition) is 1. The van der Waals surface area contributed by atoms with E-state index in [-0.39, 0.29) is 23.7 Å². The molecule has 14 heteroatoms. The number of aromatic nitrogens is 6. The van der Waals surface area contributed by atoms with E-state index in [4.69, 9.17) is 0 Å². The van der Waals surface area contributed by atoms with E-state index in [9.17, 15) is 27.6 Å². The van der Waals surface area contributed by atoms with E-state index in [2.05, 4.69) is 15.1 Å². The maximum atomic E-state index is 13.0. The molecule has 0 bridgehead atoms. The van der Waals surface area contributed by atoms with Crippen molar-refractivity contribution in [2.75, 3.05) is 31.1 Å². The van der Waals surface area contributed by atoms with Crippen molar-refractivity contribution in [1.29, 1.82) is 0 Å². The minimum Gasteiger partial charge on any atom is -0.368 e. The summed E-state index contributed by atoms with van der Waals surface area (Å²) in [7, 11) is 0. The van der Waals surface area contributed by atoms with Crippen molar-refractivity contribution >= 4 is 22.8 Å². The first-order chi connectivity index (χ1) is 19.6. The van der Waals surface area contributed by atoms with Gasteiger partial charge in [-0.05, 0) is 37.1 Å². The van der Waals surface area contributed by atoms with Crippen LogP contribution >= 0.6 is 0 Å². The molecule has 218 valence electrons. The van der Waals surface area contributed by atoms with Gasteiger partial charge in [0.1, 0.15) is 17.9 Å². The van der Waals surface area contributed by atoms with E-state index in [0.717, 1.165) is 12.1 Å². The predicted octanol–water partition coefficient (Wildman–Crippen LogP) is 2.94. The van der Waals surface area contributed by atoms with Crippen molar-refractivity contribution in [1.82, 2.24) is 33.8 Å². The Hall–Kier alpha value is -4.36. The molecule has 0 radical (unpaired) electrons. The normalized spacial score (nSPS) is 14.3. The number of alkyl halides is 3. The van der Waals surface area contributed by atoms with Crippen molar-refractivity contribution in [3.05, 3.63) is 63.1 Å². The summed E-state index contributed by atoms with van der Waals surface area (Å²) in [5.74, 6) is 0.231. The number of fused-ring (bicyclic) bond motifs is 1. The number of hydrogen-bond acceptors (Lipinski definition) is 6. The van der Waals surface area contributed by atoms with Gasteiger partial charge in [-0.25, -0.2) is 9.78 Å². The summed E-state index contributed by atoms with van der Waals surface area (Å²) in [6.45, 7) is 6.40. The zero-order chi connectivity index (χ0) is 29.3. The molecule has 0 aliphatic carbocycles. The number of nitrogens with zero attached hydrogens (tertiary/aromatic N) is 7. The molecule has 0 spiro atoms. The number of anilines is 1. The maximum Gasteiger partial charge on any atom is 0.416 e. The number of carbonyl (C=O) groups is 1. The Morgan fingerprint density at radius 3 is 2.27 bits per heavy atom. The van der Waals surface area contributed by atoms with Crippen LogP contribution in [0.3, 0.4) is 0 Å².